The van der Waals surface area contributed by atoms with E-state index in [0.29, 0.717) is 6.61 Å². The van der Waals surface area contributed by atoms with Gasteiger partial charge in [-0.3, -0.25) is 0 Å². The molecule has 0 bridgehead atoms. The Hall–Kier alpha value is -1.06. The number of ether oxygens (including phenoxy) is 2. The number of hydrogen-bond acceptors (Lipinski definition) is 3. The van der Waals surface area contributed by atoms with Crippen molar-refractivity contribution in [3.05, 3.63) is 29.8 Å². The molecule has 0 amide bonds. The monoisotopic (exact) mass is 208 g/mol. The summed E-state index contributed by atoms with van der Waals surface area (Å²) in [6.45, 7) is 1.57. The van der Waals surface area contributed by atoms with Gasteiger partial charge in [-0.2, -0.15) is 0 Å². The van der Waals surface area contributed by atoms with Crippen LogP contribution in [0.3, 0.4) is 0 Å². The zero-order valence-electron chi connectivity index (χ0n) is 8.69. The Labute approximate surface area is 89.6 Å². The van der Waals surface area contributed by atoms with Gasteiger partial charge in [0.1, 0.15) is 11.9 Å². The first-order valence-electron chi connectivity index (χ1n) is 5.32. The molecule has 1 fully saturated rings. The normalized spacial score (nSPS) is 21.3. The van der Waals surface area contributed by atoms with Crippen LogP contribution in [0, 0.1) is 0 Å². The maximum Gasteiger partial charge on any atom is 0.122 e. The molecular weight excluding hydrogens is 192 g/mol. The van der Waals surface area contributed by atoms with Crippen molar-refractivity contribution in [1.82, 2.24) is 0 Å². The minimum absolute atomic E-state index is 0.0539. The molecular formula is C12H16O3. The molecule has 82 valence electrons. The predicted octanol–water partition coefficient (Wildman–Crippen LogP) is 1.74. The first-order chi connectivity index (χ1) is 7.38. The van der Waals surface area contributed by atoms with E-state index in [2.05, 4.69) is 0 Å². The Morgan fingerprint density at radius 1 is 1.47 bits per heavy atom. The molecule has 15 heavy (non-hydrogen) atoms. The summed E-state index contributed by atoms with van der Waals surface area (Å²) in [5, 5.41) is 8.99. The summed E-state index contributed by atoms with van der Waals surface area (Å²) in [7, 11) is 0. The highest BCUT2D eigenvalue weighted by atomic mass is 16.5. The third kappa shape index (κ3) is 2.94. The van der Waals surface area contributed by atoms with E-state index in [1.54, 1.807) is 0 Å². The van der Waals surface area contributed by atoms with E-state index >= 15 is 0 Å². The van der Waals surface area contributed by atoms with Gasteiger partial charge in [0, 0.05) is 6.61 Å². The van der Waals surface area contributed by atoms with Crippen LogP contribution in [0.2, 0.25) is 0 Å². The second-order valence-electron chi connectivity index (χ2n) is 3.76. The average molecular weight is 208 g/mol. The summed E-state index contributed by atoms with van der Waals surface area (Å²) in [5.41, 5.74) is 0.879. The molecule has 1 aliphatic heterocycles. The van der Waals surface area contributed by atoms with Gasteiger partial charge in [-0.15, -0.1) is 0 Å². The molecule has 2 rings (SSSR count). The predicted molar refractivity (Wildman–Crippen MR) is 56.8 cm³/mol. The first kappa shape index (κ1) is 10.5. The lowest BCUT2D eigenvalue weighted by atomic mass is 10.1. The fourth-order valence-electron chi connectivity index (χ4n) is 1.71. The molecule has 3 nitrogen and oxygen atoms in total. The van der Waals surface area contributed by atoms with E-state index in [-0.39, 0.29) is 12.7 Å². The largest absolute Gasteiger partial charge is 0.488 e. The molecule has 1 heterocycles. The van der Waals surface area contributed by atoms with Crippen molar-refractivity contribution >= 4 is 0 Å². The highest BCUT2D eigenvalue weighted by Gasteiger charge is 2.15. The van der Waals surface area contributed by atoms with Gasteiger partial charge in [-0.1, -0.05) is 12.1 Å². The molecule has 1 unspecified atom stereocenters. The number of aliphatic hydroxyl groups is 1. The second kappa shape index (κ2) is 5.14. The maximum atomic E-state index is 8.99. The topological polar surface area (TPSA) is 38.7 Å². The molecule has 1 N–H and O–H groups in total. The summed E-state index contributed by atoms with van der Waals surface area (Å²) in [4.78, 5) is 0. The van der Waals surface area contributed by atoms with E-state index in [1.807, 2.05) is 24.3 Å². The summed E-state index contributed by atoms with van der Waals surface area (Å²) in [6, 6.07) is 7.55. The van der Waals surface area contributed by atoms with Gasteiger partial charge in [0.25, 0.3) is 0 Å². The van der Waals surface area contributed by atoms with Crippen molar-refractivity contribution in [2.45, 2.75) is 25.6 Å². The van der Waals surface area contributed by atoms with Gasteiger partial charge >= 0.3 is 0 Å². The van der Waals surface area contributed by atoms with E-state index in [0.717, 1.165) is 30.8 Å². The van der Waals surface area contributed by atoms with Crippen LogP contribution in [0.25, 0.3) is 0 Å². The van der Waals surface area contributed by atoms with Gasteiger partial charge in [0.15, 0.2) is 0 Å². The SMILES string of the molecule is OCc1cccc(OC2CCCOC2)c1. The standard InChI is InChI=1S/C12H16O3/c13-8-10-3-1-4-11(7-10)15-12-5-2-6-14-9-12/h1,3-4,7,12-13H,2,5-6,8-9H2. The molecule has 0 aromatic heterocycles. The van der Waals surface area contributed by atoms with E-state index in [9.17, 15) is 0 Å². The third-order valence-corrected chi connectivity index (χ3v) is 2.50. The smallest absolute Gasteiger partial charge is 0.122 e. The van der Waals surface area contributed by atoms with Crippen molar-refractivity contribution in [3.8, 4) is 5.75 Å². The molecule has 1 aliphatic rings. The Bertz CT molecular complexity index is 305. The Morgan fingerprint density at radius 3 is 3.13 bits per heavy atom. The maximum absolute atomic E-state index is 8.99. The van der Waals surface area contributed by atoms with Crippen molar-refractivity contribution in [3.63, 3.8) is 0 Å². The fraction of sp³-hybridized carbons (Fsp3) is 0.500. The zero-order valence-corrected chi connectivity index (χ0v) is 8.69. The third-order valence-electron chi connectivity index (χ3n) is 2.50. The summed E-state index contributed by atoms with van der Waals surface area (Å²) >= 11 is 0. The molecule has 1 aromatic rings. The lowest BCUT2D eigenvalue weighted by molar-refractivity contribution is 0.00737. The van der Waals surface area contributed by atoms with Gasteiger partial charge in [0.2, 0.25) is 0 Å². The van der Waals surface area contributed by atoms with E-state index in [4.69, 9.17) is 14.6 Å². The van der Waals surface area contributed by atoms with Gasteiger partial charge in [0.05, 0.1) is 13.2 Å². The zero-order chi connectivity index (χ0) is 10.5. The van der Waals surface area contributed by atoms with Gasteiger partial charge in [-0.25, -0.2) is 0 Å². The van der Waals surface area contributed by atoms with Crippen molar-refractivity contribution in [1.29, 1.82) is 0 Å². The molecule has 1 aromatic carbocycles. The highest BCUT2D eigenvalue weighted by Crippen LogP contribution is 2.18. The lowest BCUT2D eigenvalue weighted by Gasteiger charge is -2.23. The van der Waals surface area contributed by atoms with E-state index < -0.39 is 0 Å². The molecule has 1 atom stereocenters. The summed E-state index contributed by atoms with van der Waals surface area (Å²) in [6.07, 6.45) is 2.26. The van der Waals surface area contributed by atoms with Crippen LogP contribution >= 0.6 is 0 Å². The minimum Gasteiger partial charge on any atom is -0.488 e. The van der Waals surface area contributed by atoms with Crippen LogP contribution in [0.4, 0.5) is 0 Å². The van der Waals surface area contributed by atoms with E-state index in [1.165, 1.54) is 0 Å². The van der Waals surface area contributed by atoms with Gasteiger partial charge < -0.3 is 14.6 Å². The molecule has 3 heteroatoms. The number of aliphatic hydroxyl groups excluding tert-OH is 1. The summed E-state index contributed by atoms with van der Waals surface area (Å²) < 4.78 is 11.1. The van der Waals surface area contributed by atoms with Crippen LogP contribution in [0.15, 0.2) is 24.3 Å². The van der Waals surface area contributed by atoms with Crippen LogP contribution in [0.1, 0.15) is 18.4 Å². The lowest BCUT2D eigenvalue weighted by Crippen LogP contribution is -2.27. The number of rotatable bonds is 3. The van der Waals surface area contributed by atoms with Crippen molar-refractivity contribution < 1.29 is 14.6 Å². The van der Waals surface area contributed by atoms with Crippen LogP contribution in [-0.4, -0.2) is 24.4 Å². The van der Waals surface area contributed by atoms with Crippen molar-refractivity contribution in [2.75, 3.05) is 13.2 Å². The fourth-order valence-corrected chi connectivity index (χ4v) is 1.71. The second-order valence-corrected chi connectivity index (χ2v) is 3.76. The molecule has 0 saturated carbocycles. The first-order valence-corrected chi connectivity index (χ1v) is 5.32. The Kier molecular flexibility index (Phi) is 3.59. The molecule has 0 radical (unpaired) electrons. The number of hydrogen-bond donors (Lipinski definition) is 1. The Morgan fingerprint density at radius 2 is 2.40 bits per heavy atom. The number of benzene rings is 1. The quantitative estimate of drug-likeness (QED) is 0.822. The van der Waals surface area contributed by atoms with Crippen LogP contribution < -0.4 is 4.74 Å². The van der Waals surface area contributed by atoms with Gasteiger partial charge in [-0.05, 0) is 30.5 Å². The molecule has 0 aliphatic carbocycles. The van der Waals surface area contributed by atoms with Crippen LogP contribution in [0.5, 0.6) is 5.75 Å². The average Bonchev–Trinajstić information content (AvgIpc) is 2.31. The molecule has 0 spiro atoms. The van der Waals surface area contributed by atoms with Crippen molar-refractivity contribution in [2.24, 2.45) is 0 Å². The summed E-state index contributed by atoms with van der Waals surface area (Å²) in [5.74, 6) is 0.817. The highest BCUT2D eigenvalue weighted by molar-refractivity contribution is 5.28. The minimum atomic E-state index is 0.0539. The molecule has 1 saturated heterocycles. The Balaban J connectivity index is 1.96. The van der Waals surface area contributed by atoms with Crippen LogP contribution in [-0.2, 0) is 11.3 Å².